The zero-order valence-corrected chi connectivity index (χ0v) is 11.7. The summed E-state index contributed by atoms with van der Waals surface area (Å²) in [5, 5.41) is 2.64. The maximum Gasteiger partial charge on any atom is 0.389 e. The van der Waals surface area contributed by atoms with Crippen molar-refractivity contribution >= 4 is 11.3 Å². The van der Waals surface area contributed by atoms with Gasteiger partial charge in [-0.05, 0) is 25.7 Å². The van der Waals surface area contributed by atoms with E-state index in [2.05, 4.69) is 4.98 Å². The molecule has 0 aromatic carbocycles. The van der Waals surface area contributed by atoms with E-state index in [1.54, 1.807) is 6.92 Å². The Bertz CT molecular complexity index is 383. The number of aromatic nitrogens is 1. The van der Waals surface area contributed by atoms with Crippen LogP contribution in [0.25, 0.3) is 0 Å². The first-order valence-corrected chi connectivity index (χ1v) is 6.81. The number of alkyl halides is 3. The first-order chi connectivity index (χ1) is 8.12. The first-order valence-electron chi connectivity index (χ1n) is 5.93. The molecule has 0 amide bonds. The third-order valence-corrected chi connectivity index (χ3v) is 3.90. The fraction of sp³-hybridized carbons (Fsp3) is 0.750. The lowest BCUT2D eigenvalue weighted by Gasteiger charge is -2.22. The molecule has 1 aromatic heterocycles. The first kappa shape index (κ1) is 15.4. The van der Waals surface area contributed by atoms with E-state index in [0.29, 0.717) is 10.9 Å². The van der Waals surface area contributed by atoms with Crippen molar-refractivity contribution in [1.29, 1.82) is 0 Å². The average Bonchev–Trinajstić information content (AvgIpc) is 2.63. The number of hydrogen-bond donors (Lipinski definition) is 1. The molecule has 1 atom stereocenters. The summed E-state index contributed by atoms with van der Waals surface area (Å²) < 4.78 is 36.3. The normalized spacial score (nSPS) is 16.0. The number of thiazole rings is 1. The molecule has 0 bridgehead atoms. The minimum atomic E-state index is -4.11. The molecule has 0 aliphatic carbocycles. The molecule has 6 heteroatoms. The topological polar surface area (TPSA) is 38.9 Å². The Balaban J connectivity index is 2.62. The van der Waals surface area contributed by atoms with Crippen LogP contribution < -0.4 is 5.73 Å². The number of nitrogens with two attached hydrogens (primary N) is 1. The SMILES string of the molecule is CC(C)c1csc(C(C)(N)CCCC(F)(F)F)n1. The predicted octanol–water partition coefficient (Wildman–Crippen LogP) is 4.17. The van der Waals surface area contributed by atoms with Crippen LogP contribution in [-0.4, -0.2) is 11.2 Å². The van der Waals surface area contributed by atoms with Crippen LogP contribution in [0.1, 0.15) is 56.7 Å². The van der Waals surface area contributed by atoms with Gasteiger partial charge in [-0.25, -0.2) is 4.98 Å². The second kappa shape index (κ2) is 5.57. The summed E-state index contributed by atoms with van der Waals surface area (Å²) in [5.41, 5.74) is 6.23. The summed E-state index contributed by atoms with van der Waals surface area (Å²) >= 11 is 1.43. The Morgan fingerprint density at radius 1 is 1.33 bits per heavy atom. The third kappa shape index (κ3) is 4.57. The van der Waals surface area contributed by atoms with Gasteiger partial charge in [0.25, 0.3) is 0 Å². The van der Waals surface area contributed by atoms with Gasteiger partial charge in [0.05, 0.1) is 11.2 Å². The van der Waals surface area contributed by atoms with E-state index in [1.165, 1.54) is 11.3 Å². The average molecular weight is 280 g/mol. The van der Waals surface area contributed by atoms with Gasteiger partial charge in [0, 0.05) is 11.8 Å². The van der Waals surface area contributed by atoms with Gasteiger partial charge >= 0.3 is 6.18 Å². The summed E-state index contributed by atoms with van der Waals surface area (Å²) in [6, 6.07) is 0. The predicted molar refractivity (Wildman–Crippen MR) is 67.6 cm³/mol. The van der Waals surface area contributed by atoms with Gasteiger partial charge < -0.3 is 5.73 Å². The molecule has 0 fully saturated rings. The van der Waals surface area contributed by atoms with Gasteiger partial charge in [-0.3, -0.25) is 0 Å². The highest BCUT2D eigenvalue weighted by Crippen LogP contribution is 2.31. The highest BCUT2D eigenvalue weighted by Gasteiger charge is 2.30. The third-order valence-electron chi connectivity index (χ3n) is 2.76. The maximum absolute atomic E-state index is 12.1. The summed E-state index contributed by atoms with van der Waals surface area (Å²) in [6.45, 7) is 5.79. The second-order valence-electron chi connectivity index (χ2n) is 5.12. The summed E-state index contributed by atoms with van der Waals surface area (Å²) in [7, 11) is 0. The molecule has 0 saturated heterocycles. The molecule has 1 unspecified atom stereocenters. The van der Waals surface area contributed by atoms with E-state index < -0.39 is 18.1 Å². The van der Waals surface area contributed by atoms with Crippen LogP contribution in [0.4, 0.5) is 13.2 Å². The molecule has 1 heterocycles. The van der Waals surface area contributed by atoms with E-state index in [-0.39, 0.29) is 12.8 Å². The monoisotopic (exact) mass is 280 g/mol. The van der Waals surface area contributed by atoms with Gasteiger partial charge in [0.2, 0.25) is 0 Å². The lowest BCUT2D eigenvalue weighted by Crippen LogP contribution is -2.33. The molecule has 1 rings (SSSR count). The van der Waals surface area contributed by atoms with Crippen LogP contribution in [-0.2, 0) is 5.54 Å². The highest BCUT2D eigenvalue weighted by molar-refractivity contribution is 7.09. The summed E-state index contributed by atoms with van der Waals surface area (Å²) in [5.74, 6) is 0.306. The smallest absolute Gasteiger partial charge is 0.320 e. The number of nitrogens with zero attached hydrogens (tertiary/aromatic N) is 1. The Morgan fingerprint density at radius 2 is 1.94 bits per heavy atom. The Kier molecular flexibility index (Phi) is 4.78. The Morgan fingerprint density at radius 3 is 2.39 bits per heavy atom. The Labute approximate surface area is 109 Å². The van der Waals surface area contributed by atoms with Gasteiger partial charge in [-0.1, -0.05) is 13.8 Å². The number of hydrogen-bond acceptors (Lipinski definition) is 3. The summed E-state index contributed by atoms with van der Waals surface area (Å²) in [6.07, 6.45) is -4.57. The number of rotatable bonds is 5. The maximum atomic E-state index is 12.1. The minimum Gasteiger partial charge on any atom is -0.320 e. The fourth-order valence-electron chi connectivity index (χ4n) is 1.58. The van der Waals surface area contributed by atoms with Crippen molar-refractivity contribution in [3.63, 3.8) is 0 Å². The molecular formula is C12H19F3N2S. The van der Waals surface area contributed by atoms with Gasteiger partial charge in [-0.2, -0.15) is 13.2 Å². The van der Waals surface area contributed by atoms with Crippen molar-refractivity contribution in [3.05, 3.63) is 16.1 Å². The van der Waals surface area contributed by atoms with Crippen LogP contribution >= 0.6 is 11.3 Å². The molecule has 104 valence electrons. The summed E-state index contributed by atoms with van der Waals surface area (Å²) in [4.78, 5) is 4.41. The van der Waals surface area contributed by atoms with Crippen molar-refractivity contribution in [3.8, 4) is 0 Å². The van der Waals surface area contributed by atoms with Crippen LogP contribution in [0.2, 0.25) is 0 Å². The van der Waals surface area contributed by atoms with Crippen LogP contribution in [0.3, 0.4) is 0 Å². The lowest BCUT2D eigenvalue weighted by atomic mass is 9.96. The van der Waals surface area contributed by atoms with E-state index in [0.717, 1.165) is 5.69 Å². The zero-order chi connectivity index (χ0) is 14.0. The quantitative estimate of drug-likeness (QED) is 0.879. The molecule has 0 spiro atoms. The van der Waals surface area contributed by atoms with Crippen molar-refractivity contribution in [2.24, 2.45) is 5.73 Å². The van der Waals surface area contributed by atoms with Crippen LogP contribution in [0, 0.1) is 0 Å². The Hall–Kier alpha value is -0.620. The highest BCUT2D eigenvalue weighted by atomic mass is 32.1. The molecule has 2 nitrogen and oxygen atoms in total. The van der Waals surface area contributed by atoms with Crippen molar-refractivity contribution in [2.75, 3.05) is 0 Å². The van der Waals surface area contributed by atoms with E-state index in [4.69, 9.17) is 5.73 Å². The van der Waals surface area contributed by atoms with Crippen molar-refractivity contribution in [1.82, 2.24) is 4.98 Å². The molecule has 2 N–H and O–H groups in total. The van der Waals surface area contributed by atoms with Crippen molar-refractivity contribution < 1.29 is 13.2 Å². The van der Waals surface area contributed by atoms with Crippen molar-refractivity contribution in [2.45, 2.75) is 57.7 Å². The second-order valence-corrected chi connectivity index (χ2v) is 5.98. The van der Waals surface area contributed by atoms with Crippen LogP contribution in [0.15, 0.2) is 5.38 Å². The van der Waals surface area contributed by atoms with E-state index in [1.807, 2.05) is 19.2 Å². The molecule has 18 heavy (non-hydrogen) atoms. The number of halogens is 3. The lowest BCUT2D eigenvalue weighted by molar-refractivity contribution is -0.136. The fourth-order valence-corrected chi connectivity index (χ4v) is 2.66. The largest absolute Gasteiger partial charge is 0.389 e. The van der Waals surface area contributed by atoms with Gasteiger partial charge in [0.1, 0.15) is 5.01 Å². The molecule has 0 aliphatic rings. The van der Waals surface area contributed by atoms with E-state index in [9.17, 15) is 13.2 Å². The molecule has 1 aromatic rings. The van der Waals surface area contributed by atoms with Gasteiger partial charge in [-0.15, -0.1) is 11.3 Å². The van der Waals surface area contributed by atoms with Gasteiger partial charge in [0.15, 0.2) is 0 Å². The molecular weight excluding hydrogens is 261 g/mol. The van der Waals surface area contributed by atoms with E-state index >= 15 is 0 Å². The minimum absolute atomic E-state index is 0.0348. The molecule has 0 aliphatic heterocycles. The zero-order valence-electron chi connectivity index (χ0n) is 10.8. The van der Waals surface area contributed by atoms with Crippen LogP contribution in [0.5, 0.6) is 0 Å². The molecule has 0 saturated carbocycles. The standard InChI is InChI=1S/C12H19F3N2S/c1-8(2)9-7-18-10(17-9)11(3,16)5-4-6-12(13,14)15/h7-8H,4-6,16H2,1-3H3. The molecule has 0 radical (unpaired) electrons.